The third-order valence-corrected chi connectivity index (χ3v) is 4.45. The fourth-order valence-corrected chi connectivity index (χ4v) is 3.16. The summed E-state index contributed by atoms with van der Waals surface area (Å²) in [4.78, 5) is 4.47. The van der Waals surface area contributed by atoms with Crippen LogP contribution in [-0.2, 0) is 17.1 Å². The number of benzene rings is 1. The number of nitrogens with one attached hydrogen (secondary N) is 1. The Labute approximate surface area is 116 Å². The molecule has 5 nitrogen and oxygen atoms in total. The molecule has 1 N–H and O–H groups in total. The minimum absolute atomic E-state index is 0.237. The van der Waals surface area contributed by atoms with Gasteiger partial charge in [-0.2, -0.15) is 0 Å². The van der Waals surface area contributed by atoms with Crippen molar-refractivity contribution in [1.82, 2.24) is 9.55 Å². The molecular formula is C14H13N3O2S. The van der Waals surface area contributed by atoms with E-state index in [-0.39, 0.29) is 4.90 Å². The van der Waals surface area contributed by atoms with Gasteiger partial charge in [-0.15, -0.1) is 0 Å². The zero-order chi connectivity index (χ0) is 14.2. The van der Waals surface area contributed by atoms with E-state index < -0.39 is 10.0 Å². The van der Waals surface area contributed by atoms with Crippen LogP contribution in [0.15, 0.2) is 59.8 Å². The van der Waals surface area contributed by atoms with Gasteiger partial charge in [-0.3, -0.25) is 4.72 Å². The molecule has 0 atom stereocenters. The summed E-state index contributed by atoms with van der Waals surface area (Å²) in [6.45, 7) is 0. The zero-order valence-corrected chi connectivity index (χ0v) is 11.6. The SMILES string of the molecule is Cn1ccc2c(NS(=O)(=O)c3ccccc3)ccnc21. The number of anilines is 1. The molecule has 20 heavy (non-hydrogen) atoms. The second kappa shape index (κ2) is 4.64. The molecule has 0 amide bonds. The fourth-order valence-electron chi connectivity index (χ4n) is 2.06. The average molecular weight is 287 g/mol. The minimum atomic E-state index is -3.58. The smallest absolute Gasteiger partial charge is 0.261 e. The van der Waals surface area contributed by atoms with Crippen LogP contribution >= 0.6 is 0 Å². The van der Waals surface area contributed by atoms with Gasteiger partial charge in [-0.25, -0.2) is 13.4 Å². The maximum Gasteiger partial charge on any atom is 0.261 e. The highest BCUT2D eigenvalue weighted by molar-refractivity contribution is 7.92. The van der Waals surface area contributed by atoms with Gasteiger partial charge in [-0.1, -0.05) is 18.2 Å². The first-order chi connectivity index (χ1) is 9.58. The molecule has 6 heteroatoms. The molecule has 0 aliphatic rings. The Balaban J connectivity index is 2.06. The van der Waals surface area contributed by atoms with Gasteiger partial charge in [-0.05, 0) is 24.3 Å². The molecule has 1 aromatic carbocycles. The minimum Gasteiger partial charge on any atom is -0.336 e. The van der Waals surface area contributed by atoms with E-state index in [9.17, 15) is 8.42 Å². The molecule has 0 aliphatic heterocycles. The lowest BCUT2D eigenvalue weighted by Crippen LogP contribution is -2.13. The van der Waals surface area contributed by atoms with Crippen molar-refractivity contribution in [2.24, 2.45) is 7.05 Å². The first kappa shape index (κ1) is 12.7. The molecule has 0 saturated heterocycles. The molecule has 2 aromatic heterocycles. The Morgan fingerprint density at radius 1 is 1.10 bits per heavy atom. The van der Waals surface area contributed by atoms with Crippen molar-refractivity contribution in [2.45, 2.75) is 4.90 Å². The second-order valence-corrected chi connectivity index (χ2v) is 6.12. The Hall–Kier alpha value is -2.34. The standard InChI is InChI=1S/C14H13N3O2S/c1-17-10-8-12-13(7-9-15-14(12)17)16-20(18,19)11-5-3-2-4-6-11/h2-10H,1H3,(H,15,16). The fraction of sp³-hybridized carbons (Fsp3) is 0.0714. The quantitative estimate of drug-likeness (QED) is 0.804. The number of rotatable bonds is 3. The van der Waals surface area contributed by atoms with Gasteiger partial charge in [0.2, 0.25) is 0 Å². The summed E-state index contributed by atoms with van der Waals surface area (Å²) < 4.78 is 29.1. The third kappa shape index (κ3) is 2.14. The largest absolute Gasteiger partial charge is 0.336 e. The number of nitrogens with zero attached hydrogens (tertiary/aromatic N) is 2. The van der Waals surface area contributed by atoms with E-state index in [1.54, 1.807) is 42.6 Å². The lowest BCUT2D eigenvalue weighted by molar-refractivity contribution is 0.601. The van der Waals surface area contributed by atoms with Crippen LogP contribution in [0.5, 0.6) is 0 Å². The van der Waals surface area contributed by atoms with Crippen LogP contribution < -0.4 is 4.72 Å². The molecule has 0 unspecified atom stereocenters. The van der Waals surface area contributed by atoms with Crippen molar-refractivity contribution in [1.29, 1.82) is 0 Å². The average Bonchev–Trinajstić information content (AvgIpc) is 2.83. The predicted octanol–water partition coefficient (Wildman–Crippen LogP) is 2.37. The van der Waals surface area contributed by atoms with Gasteiger partial charge < -0.3 is 4.57 Å². The molecule has 0 aliphatic carbocycles. The Bertz CT molecular complexity index is 855. The second-order valence-electron chi connectivity index (χ2n) is 4.44. The first-order valence-corrected chi connectivity index (χ1v) is 7.54. The number of aromatic nitrogens is 2. The Morgan fingerprint density at radius 2 is 1.85 bits per heavy atom. The van der Waals surface area contributed by atoms with Crippen molar-refractivity contribution in [3.8, 4) is 0 Å². The topological polar surface area (TPSA) is 64.0 Å². The molecule has 3 aromatic rings. The Kier molecular flexibility index (Phi) is 2.94. The molecule has 2 heterocycles. The van der Waals surface area contributed by atoms with Crippen LogP contribution in [-0.4, -0.2) is 18.0 Å². The molecule has 0 spiro atoms. The zero-order valence-electron chi connectivity index (χ0n) is 10.8. The third-order valence-electron chi connectivity index (χ3n) is 3.07. The summed E-state index contributed by atoms with van der Waals surface area (Å²) in [5, 5.41) is 0.773. The molecule has 0 saturated carbocycles. The maximum absolute atomic E-state index is 12.3. The predicted molar refractivity (Wildman–Crippen MR) is 78.0 cm³/mol. The lowest BCUT2D eigenvalue weighted by atomic mass is 10.3. The molecule has 0 radical (unpaired) electrons. The van der Waals surface area contributed by atoms with Crippen molar-refractivity contribution in [2.75, 3.05) is 4.72 Å². The summed E-state index contributed by atoms with van der Waals surface area (Å²) in [5.74, 6) is 0. The number of sulfonamides is 1. The van der Waals surface area contributed by atoms with Crippen LogP contribution in [0.25, 0.3) is 11.0 Å². The van der Waals surface area contributed by atoms with Gasteiger partial charge in [0.15, 0.2) is 0 Å². The van der Waals surface area contributed by atoms with Crippen molar-refractivity contribution < 1.29 is 8.42 Å². The highest BCUT2D eigenvalue weighted by Crippen LogP contribution is 2.24. The van der Waals surface area contributed by atoms with Crippen LogP contribution in [0.1, 0.15) is 0 Å². The molecule has 102 valence electrons. The van der Waals surface area contributed by atoms with Crippen molar-refractivity contribution >= 4 is 26.7 Å². The summed E-state index contributed by atoms with van der Waals surface area (Å²) in [6.07, 6.45) is 3.43. The Morgan fingerprint density at radius 3 is 2.60 bits per heavy atom. The van der Waals surface area contributed by atoms with E-state index in [2.05, 4.69) is 9.71 Å². The molecule has 0 bridgehead atoms. The van der Waals surface area contributed by atoms with Crippen LogP contribution in [0.3, 0.4) is 0 Å². The van der Waals surface area contributed by atoms with Crippen LogP contribution in [0.4, 0.5) is 5.69 Å². The number of fused-ring (bicyclic) bond motifs is 1. The number of aryl methyl sites for hydroxylation is 1. The monoisotopic (exact) mass is 287 g/mol. The van der Waals surface area contributed by atoms with Gasteiger partial charge >= 0.3 is 0 Å². The van der Waals surface area contributed by atoms with E-state index in [0.29, 0.717) is 5.69 Å². The van der Waals surface area contributed by atoms with Gasteiger partial charge in [0.05, 0.1) is 10.6 Å². The summed E-state index contributed by atoms with van der Waals surface area (Å²) in [7, 11) is -1.72. The van der Waals surface area contributed by atoms with Crippen molar-refractivity contribution in [3.63, 3.8) is 0 Å². The van der Waals surface area contributed by atoms with Gasteiger partial charge in [0.25, 0.3) is 10.0 Å². The van der Waals surface area contributed by atoms with E-state index in [1.807, 2.05) is 23.9 Å². The van der Waals surface area contributed by atoms with Crippen LogP contribution in [0.2, 0.25) is 0 Å². The van der Waals surface area contributed by atoms with E-state index in [1.165, 1.54) is 0 Å². The molecule has 3 rings (SSSR count). The van der Waals surface area contributed by atoms with Gasteiger partial charge in [0.1, 0.15) is 5.65 Å². The summed E-state index contributed by atoms with van der Waals surface area (Å²) in [6, 6.07) is 11.8. The van der Waals surface area contributed by atoms with E-state index in [0.717, 1.165) is 11.0 Å². The van der Waals surface area contributed by atoms with Crippen molar-refractivity contribution in [3.05, 3.63) is 54.9 Å². The summed E-state index contributed by atoms with van der Waals surface area (Å²) in [5.41, 5.74) is 1.26. The van der Waals surface area contributed by atoms with Gasteiger partial charge in [0, 0.05) is 24.8 Å². The number of pyridine rings is 1. The van der Waals surface area contributed by atoms with E-state index in [4.69, 9.17) is 0 Å². The normalized spacial score (nSPS) is 11.7. The maximum atomic E-state index is 12.3. The molecular weight excluding hydrogens is 274 g/mol. The lowest BCUT2D eigenvalue weighted by Gasteiger charge is -2.09. The van der Waals surface area contributed by atoms with Crippen LogP contribution in [0, 0.1) is 0 Å². The first-order valence-electron chi connectivity index (χ1n) is 6.06. The number of hydrogen-bond donors (Lipinski definition) is 1. The highest BCUT2D eigenvalue weighted by Gasteiger charge is 2.15. The number of hydrogen-bond acceptors (Lipinski definition) is 3. The highest BCUT2D eigenvalue weighted by atomic mass is 32.2. The molecule has 0 fully saturated rings. The summed E-state index contributed by atoms with van der Waals surface area (Å²) >= 11 is 0. The van der Waals surface area contributed by atoms with E-state index >= 15 is 0 Å².